The highest BCUT2D eigenvalue weighted by molar-refractivity contribution is 5.70. The van der Waals surface area contributed by atoms with Gasteiger partial charge in [-0.25, -0.2) is 4.68 Å². The van der Waals surface area contributed by atoms with Gasteiger partial charge in [-0.1, -0.05) is 6.07 Å². The first-order valence-corrected chi connectivity index (χ1v) is 12.0. The lowest BCUT2D eigenvalue weighted by atomic mass is 10.0. The molecule has 4 rings (SSSR count). The number of hydrogen-bond acceptors (Lipinski definition) is 5. The Hall–Kier alpha value is -3.08. The van der Waals surface area contributed by atoms with Gasteiger partial charge in [-0.05, 0) is 77.2 Å². The summed E-state index contributed by atoms with van der Waals surface area (Å²) in [7, 11) is 0. The smallest absolute Gasteiger partial charge is 0.406 e. The number of primary amides is 1. The van der Waals surface area contributed by atoms with Gasteiger partial charge >= 0.3 is 6.36 Å². The van der Waals surface area contributed by atoms with Gasteiger partial charge in [0.1, 0.15) is 5.75 Å². The van der Waals surface area contributed by atoms with Gasteiger partial charge in [-0.2, -0.15) is 5.10 Å². The fraction of sp³-hybridized carbons (Fsp3) is 0.560. The van der Waals surface area contributed by atoms with Crippen LogP contribution in [-0.2, 0) is 9.59 Å². The Morgan fingerprint density at radius 3 is 2.17 bits per heavy atom. The van der Waals surface area contributed by atoms with Crippen LogP contribution in [-0.4, -0.2) is 70.5 Å². The maximum Gasteiger partial charge on any atom is 0.573 e. The number of alkyl halides is 3. The van der Waals surface area contributed by atoms with Crippen molar-refractivity contribution in [2.45, 2.75) is 65.8 Å². The molecule has 11 heteroatoms. The van der Waals surface area contributed by atoms with Crippen molar-refractivity contribution in [2.24, 2.45) is 5.73 Å². The van der Waals surface area contributed by atoms with Crippen molar-refractivity contribution in [3.8, 4) is 11.4 Å². The molecule has 0 spiro atoms. The molecule has 36 heavy (non-hydrogen) atoms. The Morgan fingerprint density at radius 2 is 1.69 bits per heavy atom. The van der Waals surface area contributed by atoms with E-state index in [2.05, 4.69) is 20.5 Å². The monoisotopic (exact) mass is 511 g/mol. The molecule has 1 aromatic carbocycles. The van der Waals surface area contributed by atoms with Crippen LogP contribution < -0.4 is 10.5 Å². The Morgan fingerprint density at radius 1 is 1.11 bits per heavy atom. The predicted molar refractivity (Wildman–Crippen MR) is 131 cm³/mol. The summed E-state index contributed by atoms with van der Waals surface area (Å²) in [4.78, 5) is 24.2. The average Bonchev–Trinajstić information content (AvgIpc) is 3.43. The number of carbonyl (C=O) groups is 2. The third-order valence-electron chi connectivity index (χ3n) is 6.25. The van der Waals surface area contributed by atoms with Crippen LogP contribution >= 0.6 is 0 Å². The number of ether oxygens (including phenoxy) is 1. The maximum atomic E-state index is 12.2. The molecule has 0 saturated carbocycles. The van der Waals surface area contributed by atoms with E-state index >= 15 is 0 Å². The number of nitrogens with zero attached hydrogens (tertiary/aromatic N) is 4. The highest BCUT2D eigenvalue weighted by Gasteiger charge is 2.31. The number of rotatable bonds is 4. The van der Waals surface area contributed by atoms with E-state index in [0.29, 0.717) is 5.69 Å². The van der Waals surface area contributed by atoms with Crippen LogP contribution in [0.3, 0.4) is 0 Å². The lowest BCUT2D eigenvalue weighted by Crippen LogP contribution is -2.43. The summed E-state index contributed by atoms with van der Waals surface area (Å²) in [6, 6.07) is 6.52. The number of likely N-dealkylation sites (tertiary alicyclic amines) is 2. The topological polar surface area (TPSA) is 93.7 Å². The summed E-state index contributed by atoms with van der Waals surface area (Å²) in [5.74, 6) is -0.588. The Balaban J connectivity index is 0.000000232. The largest absolute Gasteiger partial charge is 0.573 e. The van der Waals surface area contributed by atoms with Crippen LogP contribution in [0.15, 0.2) is 24.3 Å². The summed E-state index contributed by atoms with van der Waals surface area (Å²) in [5, 5.41) is 4.30. The number of carbonyl (C=O) groups excluding carboxylic acids is 2. The molecule has 2 fully saturated rings. The van der Waals surface area contributed by atoms with Gasteiger partial charge in [0, 0.05) is 37.8 Å². The summed E-state index contributed by atoms with van der Waals surface area (Å²) >= 11 is 0. The highest BCUT2D eigenvalue weighted by Crippen LogP contribution is 2.26. The summed E-state index contributed by atoms with van der Waals surface area (Å²) in [6.45, 7) is 11.4. The van der Waals surface area contributed by atoms with Gasteiger partial charge in [0.05, 0.1) is 11.4 Å². The molecule has 200 valence electrons. The van der Waals surface area contributed by atoms with Crippen molar-refractivity contribution in [1.29, 1.82) is 0 Å². The highest BCUT2D eigenvalue weighted by atomic mass is 19.4. The zero-order valence-corrected chi connectivity index (χ0v) is 21.3. The second-order valence-corrected chi connectivity index (χ2v) is 8.98. The van der Waals surface area contributed by atoms with Gasteiger partial charge < -0.3 is 20.3 Å². The molecule has 8 nitrogen and oxygen atoms in total. The Bertz CT molecular complexity index is 991. The van der Waals surface area contributed by atoms with Crippen molar-refractivity contribution >= 4 is 12.3 Å². The van der Waals surface area contributed by atoms with Gasteiger partial charge in [-0.3, -0.25) is 9.59 Å². The lowest BCUT2D eigenvalue weighted by Gasteiger charge is -2.34. The van der Waals surface area contributed by atoms with E-state index in [-0.39, 0.29) is 11.7 Å². The van der Waals surface area contributed by atoms with E-state index in [1.807, 2.05) is 25.7 Å². The lowest BCUT2D eigenvalue weighted by molar-refractivity contribution is -0.274. The number of halogens is 3. The second kappa shape index (κ2) is 13.3. The van der Waals surface area contributed by atoms with Crippen molar-refractivity contribution in [1.82, 2.24) is 19.6 Å². The van der Waals surface area contributed by atoms with E-state index in [1.54, 1.807) is 10.7 Å². The number of hydrogen-bond donors (Lipinski definition) is 1. The molecular weight excluding hydrogens is 475 g/mol. The Kier molecular flexibility index (Phi) is 10.8. The molecule has 0 bridgehead atoms. The van der Waals surface area contributed by atoms with Gasteiger partial charge in [0.2, 0.25) is 12.3 Å². The molecule has 2 saturated heterocycles. The molecule has 0 radical (unpaired) electrons. The number of aryl methyl sites for hydroxylation is 1. The van der Waals surface area contributed by atoms with E-state index in [9.17, 15) is 22.8 Å². The standard InChI is InChI=1S/C13H13F3N2O.C10H18N2O.C2H5NO/c1-8-9(2)17-18(10(8)3)11-5-4-6-12(7-11)19-13(14,15)16;13-9-11-7-3-10(4-8-11)12-5-1-2-6-12;1-2(3)4/h4-7H,1-3H3;9-10H,1-8H2;1H3,(H2,3,4). The van der Waals surface area contributed by atoms with E-state index in [0.717, 1.165) is 42.5 Å². The third-order valence-corrected chi connectivity index (χ3v) is 6.25. The van der Waals surface area contributed by atoms with Crippen LogP contribution in [0.2, 0.25) is 0 Å². The van der Waals surface area contributed by atoms with Gasteiger partial charge in [0.25, 0.3) is 0 Å². The number of piperidine rings is 1. The predicted octanol–water partition coefficient (Wildman–Crippen LogP) is 3.89. The minimum Gasteiger partial charge on any atom is -0.406 e. The molecule has 2 aliphatic heterocycles. The number of amides is 2. The summed E-state index contributed by atoms with van der Waals surface area (Å²) < 4.78 is 42.0. The molecule has 2 amide bonds. The second-order valence-electron chi connectivity index (χ2n) is 8.98. The van der Waals surface area contributed by atoms with Crippen molar-refractivity contribution in [2.75, 3.05) is 26.2 Å². The number of benzene rings is 1. The number of aromatic nitrogens is 2. The molecule has 3 heterocycles. The van der Waals surface area contributed by atoms with Gasteiger partial charge in [-0.15, -0.1) is 13.2 Å². The minimum absolute atomic E-state index is 0.254. The zero-order chi connectivity index (χ0) is 26.9. The first-order chi connectivity index (χ1) is 16.9. The Labute approximate surface area is 210 Å². The average molecular weight is 512 g/mol. The SMILES string of the molecule is CC(N)=O.Cc1nn(-c2cccc(OC(F)(F)F)c2)c(C)c1C.O=CN1CCC(N2CCCC2)CC1. The van der Waals surface area contributed by atoms with E-state index < -0.39 is 6.36 Å². The van der Waals surface area contributed by atoms with Crippen LogP contribution in [0.25, 0.3) is 5.69 Å². The van der Waals surface area contributed by atoms with Crippen molar-refractivity contribution < 1.29 is 27.5 Å². The molecule has 2 aromatic rings. The van der Waals surface area contributed by atoms with Crippen LogP contribution in [0.4, 0.5) is 13.2 Å². The van der Waals surface area contributed by atoms with Crippen LogP contribution in [0, 0.1) is 20.8 Å². The van der Waals surface area contributed by atoms with Crippen molar-refractivity contribution in [3.05, 3.63) is 41.2 Å². The van der Waals surface area contributed by atoms with Crippen molar-refractivity contribution in [3.63, 3.8) is 0 Å². The first kappa shape index (κ1) is 29.2. The van der Waals surface area contributed by atoms with E-state index in [4.69, 9.17) is 0 Å². The summed E-state index contributed by atoms with van der Waals surface area (Å²) in [5.41, 5.74) is 7.76. The first-order valence-electron chi connectivity index (χ1n) is 12.0. The minimum atomic E-state index is -4.69. The van der Waals surface area contributed by atoms with Crippen LogP contribution in [0.1, 0.15) is 49.6 Å². The summed E-state index contributed by atoms with van der Waals surface area (Å²) in [6.07, 6.45) is 1.39. The normalized spacial score (nSPS) is 16.5. The molecule has 0 aliphatic carbocycles. The molecule has 0 unspecified atom stereocenters. The molecule has 2 N–H and O–H groups in total. The quantitative estimate of drug-likeness (QED) is 0.629. The maximum absolute atomic E-state index is 12.2. The zero-order valence-electron chi connectivity index (χ0n) is 21.3. The third kappa shape index (κ3) is 9.18. The molecular formula is C25H36F3N5O3. The van der Waals surface area contributed by atoms with E-state index in [1.165, 1.54) is 63.9 Å². The molecule has 0 atom stereocenters. The molecule has 2 aliphatic rings. The van der Waals surface area contributed by atoms with Crippen LogP contribution in [0.5, 0.6) is 5.75 Å². The van der Waals surface area contributed by atoms with Gasteiger partial charge in [0.15, 0.2) is 0 Å². The fourth-order valence-electron chi connectivity index (χ4n) is 4.25. The number of nitrogens with two attached hydrogens (primary N) is 1. The fourth-order valence-corrected chi connectivity index (χ4v) is 4.25. The molecule has 1 aromatic heterocycles.